The molecule has 0 amide bonds. The van der Waals surface area contributed by atoms with Gasteiger partial charge in [0.15, 0.2) is 11.5 Å². The van der Waals surface area contributed by atoms with E-state index in [9.17, 15) is 5.11 Å². The van der Waals surface area contributed by atoms with Gasteiger partial charge in [0.1, 0.15) is 13.2 Å². The molecule has 20 heavy (non-hydrogen) atoms. The second-order valence-electron chi connectivity index (χ2n) is 5.53. The van der Waals surface area contributed by atoms with Gasteiger partial charge in [-0.2, -0.15) is 0 Å². The van der Waals surface area contributed by atoms with Crippen LogP contribution in [0.4, 0.5) is 0 Å². The number of ether oxygens (including phenoxy) is 3. The molecule has 5 heteroatoms. The zero-order valence-electron chi connectivity index (χ0n) is 11.5. The van der Waals surface area contributed by atoms with Crippen LogP contribution in [0.1, 0.15) is 24.5 Å². The third-order valence-electron chi connectivity index (χ3n) is 4.22. The Morgan fingerprint density at radius 3 is 2.70 bits per heavy atom. The summed E-state index contributed by atoms with van der Waals surface area (Å²) in [6.45, 7) is 2.75. The molecule has 1 aromatic carbocycles. The fourth-order valence-corrected chi connectivity index (χ4v) is 2.95. The van der Waals surface area contributed by atoms with Crippen molar-refractivity contribution in [2.75, 3.05) is 33.0 Å². The number of benzene rings is 1. The first-order valence-electron chi connectivity index (χ1n) is 7.11. The van der Waals surface area contributed by atoms with Crippen LogP contribution in [0.25, 0.3) is 0 Å². The van der Waals surface area contributed by atoms with E-state index in [-0.39, 0.29) is 0 Å². The highest BCUT2D eigenvalue weighted by Crippen LogP contribution is 2.42. The zero-order chi connectivity index (χ0) is 14.0. The number of aliphatic hydroxyl groups excluding tert-OH is 1. The lowest BCUT2D eigenvalue weighted by Gasteiger charge is -2.40. The Morgan fingerprint density at radius 2 is 2.00 bits per heavy atom. The summed E-state index contributed by atoms with van der Waals surface area (Å²) in [5, 5.41) is 10.7. The van der Waals surface area contributed by atoms with Gasteiger partial charge in [-0.05, 0) is 30.5 Å². The first-order chi connectivity index (χ1) is 9.75. The van der Waals surface area contributed by atoms with Gasteiger partial charge < -0.3 is 25.1 Å². The smallest absolute Gasteiger partial charge is 0.161 e. The van der Waals surface area contributed by atoms with Gasteiger partial charge in [0, 0.05) is 18.6 Å². The fourth-order valence-electron chi connectivity index (χ4n) is 2.95. The molecular formula is C15H21NO4. The van der Waals surface area contributed by atoms with E-state index in [1.54, 1.807) is 0 Å². The normalized spacial score (nSPS) is 27.1. The highest BCUT2D eigenvalue weighted by atomic mass is 16.6. The van der Waals surface area contributed by atoms with Crippen molar-refractivity contribution in [1.29, 1.82) is 0 Å². The van der Waals surface area contributed by atoms with E-state index in [1.165, 1.54) is 0 Å². The van der Waals surface area contributed by atoms with Crippen molar-refractivity contribution in [3.63, 3.8) is 0 Å². The summed E-state index contributed by atoms with van der Waals surface area (Å²) in [5.41, 5.74) is 6.33. The molecule has 2 atom stereocenters. The first kappa shape index (κ1) is 13.7. The minimum Gasteiger partial charge on any atom is -0.486 e. The molecule has 5 nitrogen and oxygen atoms in total. The highest BCUT2D eigenvalue weighted by molar-refractivity contribution is 5.44. The predicted octanol–water partition coefficient (Wildman–Crippen LogP) is 1.25. The van der Waals surface area contributed by atoms with Crippen LogP contribution in [-0.4, -0.2) is 38.1 Å². The van der Waals surface area contributed by atoms with Gasteiger partial charge >= 0.3 is 0 Å². The van der Waals surface area contributed by atoms with Crippen LogP contribution in [-0.2, 0) is 4.74 Å². The quantitative estimate of drug-likeness (QED) is 0.871. The maximum Gasteiger partial charge on any atom is 0.161 e. The van der Waals surface area contributed by atoms with Crippen LogP contribution in [0.15, 0.2) is 18.2 Å². The van der Waals surface area contributed by atoms with Gasteiger partial charge in [-0.25, -0.2) is 0 Å². The number of nitrogens with two attached hydrogens (primary N) is 1. The fraction of sp³-hybridized carbons (Fsp3) is 0.600. The number of rotatable bonds is 3. The maximum absolute atomic E-state index is 10.7. The summed E-state index contributed by atoms with van der Waals surface area (Å²) in [7, 11) is 0. The van der Waals surface area contributed by atoms with E-state index in [0.29, 0.717) is 32.1 Å². The van der Waals surface area contributed by atoms with Crippen molar-refractivity contribution in [3.8, 4) is 11.5 Å². The van der Waals surface area contributed by atoms with E-state index in [1.807, 2.05) is 18.2 Å². The van der Waals surface area contributed by atoms with Gasteiger partial charge in [0.05, 0.1) is 12.7 Å². The Balaban J connectivity index is 1.87. The van der Waals surface area contributed by atoms with Crippen LogP contribution in [0.5, 0.6) is 11.5 Å². The first-order valence-corrected chi connectivity index (χ1v) is 7.11. The molecule has 1 saturated heterocycles. The largest absolute Gasteiger partial charge is 0.486 e. The van der Waals surface area contributed by atoms with Crippen molar-refractivity contribution in [2.24, 2.45) is 11.1 Å². The minimum atomic E-state index is -0.649. The van der Waals surface area contributed by atoms with E-state index >= 15 is 0 Å². The molecule has 0 bridgehead atoms. The monoisotopic (exact) mass is 279 g/mol. The molecule has 3 N–H and O–H groups in total. The maximum atomic E-state index is 10.7. The average Bonchev–Trinajstić information content (AvgIpc) is 2.54. The third-order valence-corrected chi connectivity index (χ3v) is 4.22. The van der Waals surface area contributed by atoms with Crippen molar-refractivity contribution in [2.45, 2.75) is 18.9 Å². The molecule has 0 aliphatic carbocycles. The SMILES string of the molecule is NCC1(C(O)c2ccc3c(c2)OCCO3)CCCOC1. The molecule has 1 aromatic rings. The number of fused-ring (bicyclic) bond motifs is 1. The Morgan fingerprint density at radius 1 is 1.20 bits per heavy atom. The van der Waals surface area contributed by atoms with Crippen molar-refractivity contribution < 1.29 is 19.3 Å². The van der Waals surface area contributed by atoms with E-state index in [2.05, 4.69) is 0 Å². The molecule has 110 valence electrons. The zero-order valence-corrected chi connectivity index (χ0v) is 11.5. The summed E-state index contributed by atoms with van der Waals surface area (Å²) in [4.78, 5) is 0. The van der Waals surface area contributed by atoms with Gasteiger partial charge in [0.2, 0.25) is 0 Å². The summed E-state index contributed by atoms with van der Waals surface area (Å²) in [5.74, 6) is 1.42. The summed E-state index contributed by atoms with van der Waals surface area (Å²) in [6, 6.07) is 5.58. The molecular weight excluding hydrogens is 258 g/mol. The molecule has 3 rings (SSSR count). The molecule has 2 unspecified atom stereocenters. The average molecular weight is 279 g/mol. The Labute approximate surface area is 118 Å². The predicted molar refractivity (Wildman–Crippen MR) is 73.9 cm³/mol. The van der Waals surface area contributed by atoms with Crippen LogP contribution in [0.2, 0.25) is 0 Å². The van der Waals surface area contributed by atoms with Crippen LogP contribution in [0, 0.1) is 5.41 Å². The molecule has 0 radical (unpaired) electrons. The molecule has 2 heterocycles. The molecule has 0 spiro atoms. The van der Waals surface area contributed by atoms with Crippen LogP contribution in [0.3, 0.4) is 0 Å². The van der Waals surface area contributed by atoms with Crippen molar-refractivity contribution >= 4 is 0 Å². The lowest BCUT2D eigenvalue weighted by molar-refractivity contribution is -0.0782. The molecule has 2 aliphatic heterocycles. The summed E-state index contributed by atoms with van der Waals surface area (Å²) >= 11 is 0. The van der Waals surface area contributed by atoms with E-state index in [0.717, 1.165) is 30.8 Å². The number of aliphatic hydroxyl groups is 1. The van der Waals surface area contributed by atoms with Crippen molar-refractivity contribution in [3.05, 3.63) is 23.8 Å². The topological polar surface area (TPSA) is 73.9 Å². The molecule has 0 saturated carbocycles. The molecule has 2 aliphatic rings. The molecule has 0 aromatic heterocycles. The lowest BCUT2D eigenvalue weighted by Crippen LogP contribution is -2.43. The minimum absolute atomic E-state index is 0.401. The second-order valence-corrected chi connectivity index (χ2v) is 5.53. The number of hydrogen-bond donors (Lipinski definition) is 2. The Kier molecular flexibility index (Phi) is 3.83. The van der Waals surface area contributed by atoms with Crippen molar-refractivity contribution in [1.82, 2.24) is 0 Å². The molecule has 1 fully saturated rings. The van der Waals surface area contributed by atoms with Gasteiger partial charge in [-0.1, -0.05) is 6.07 Å². The standard InChI is InChI=1S/C15H21NO4/c16-9-15(4-1-5-18-10-15)14(17)11-2-3-12-13(8-11)20-7-6-19-12/h2-3,8,14,17H,1,4-7,9-10,16H2. The van der Waals surface area contributed by atoms with E-state index < -0.39 is 11.5 Å². The van der Waals surface area contributed by atoms with Gasteiger partial charge in [-0.3, -0.25) is 0 Å². The van der Waals surface area contributed by atoms with Gasteiger partial charge in [0.25, 0.3) is 0 Å². The Hall–Kier alpha value is -1.30. The summed E-state index contributed by atoms with van der Waals surface area (Å²) < 4.78 is 16.6. The second kappa shape index (κ2) is 5.60. The Bertz CT molecular complexity index is 471. The number of hydrogen-bond acceptors (Lipinski definition) is 5. The third kappa shape index (κ3) is 2.37. The highest BCUT2D eigenvalue weighted by Gasteiger charge is 2.40. The van der Waals surface area contributed by atoms with Gasteiger partial charge in [-0.15, -0.1) is 0 Å². The van der Waals surface area contributed by atoms with Crippen LogP contribution < -0.4 is 15.2 Å². The van der Waals surface area contributed by atoms with E-state index in [4.69, 9.17) is 19.9 Å². The summed E-state index contributed by atoms with van der Waals surface area (Å²) in [6.07, 6.45) is 1.15. The lowest BCUT2D eigenvalue weighted by atomic mass is 9.75. The van der Waals surface area contributed by atoms with Crippen LogP contribution >= 0.6 is 0 Å².